The standard InChI is InChI=1S/C12H14FN5O/c1-17(7-9-5-15-18(2)8-9)12(19)16-11-4-3-10(13)6-14-11/h3-6,8H,7H2,1-2H3,(H,14,16,19). The van der Waals surface area contributed by atoms with Crippen LogP contribution in [0.3, 0.4) is 0 Å². The highest BCUT2D eigenvalue weighted by Gasteiger charge is 2.10. The predicted octanol–water partition coefficient (Wildman–Crippen LogP) is 1.62. The van der Waals surface area contributed by atoms with E-state index in [1.807, 2.05) is 13.2 Å². The average molecular weight is 263 g/mol. The molecule has 0 fully saturated rings. The van der Waals surface area contributed by atoms with Gasteiger partial charge in [-0.15, -0.1) is 0 Å². The van der Waals surface area contributed by atoms with E-state index in [-0.39, 0.29) is 6.03 Å². The second-order valence-electron chi connectivity index (χ2n) is 4.17. The molecule has 0 saturated heterocycles. The first kappa shape index (κ1) is 13.0. The summed E-state index contributed by atoms with van der Waals surface area (Å²) in [5.74, 6) is -0.133. The first-order chi connectivity index (χ1) is 9.04. The van der Waals surface area contributed by atoms with Gasteiger partial charge >= 0.3 is 6.03 Å². The number of carbonyl (C=O) groups is 1. The minimum Gasteiger partial charge on any atom is -0.323 e. The third kappa shape index (κ3) is 3.51. The summed E-state index contributed by atoms with van der Waals surface area (Å²) in [6.07, 6.45) is 4.58. The third-order valence-electron chi connectivity index (χ3n) is 2.49. The van der Waals surface area contributed by atoms with Crippen LogP contribution in [0.5, 0.6) is 0 Å². The molecule has 0 atom stereocenters. The van der Waals surface area contributed by atoms with E-state index < -0.39 is 5.82 Å². The monoisotopic (exact) mass is 263 g/mol. The van der Waals surface area contributed by atoms with Gasteiger partial charge < -0.3 is 4.90 Å². The van der Waals surface area contributed by atoms with Gasteiger partial charge in [0, 0.05) is 25.9 Å². The molecule has 7 heteroatoms. The molecule has 100 valence electrons. The van der Waals surface area contributed by atoms with Crippen LogP contribution in [-0.2, 0) is 13.6 Å². The van der Waals surface area contributed by atoms with E-state index in [0.29, 0.717) is 12.4 Å². The van der Waals surface area contributed by atoms with Crippen LogP contribution in [0.1, 0.15) is 5.56 Å². The van der Waals surface area contributed by atoms with Gasteiger partial charge in [0.1, 0.15) is 11.6 Å². The molecule has 2 heterocycles. The van der Waals surface area contributed by atoms with Crippen molar-refractivity contribution in [1.29, 1.82) is 0 Å². The SMILES string of the molecule is CN(Cc1cnn(C)c1)C(=O)Nc1ccc(F)cn1. The Hall–Kier alpha value is -2.44. The summed E-state index contributed by atoms with van der Waals surface area (Å²) in [6, 6.07) is 2.33. The Labute approximate surface area is 109 Å². The molecule has 19 heavy (non-hydrogen) atoms. The number of hydrogen-bond donors (Lipinski definition) is 1. The number of aromatic nitrogens is 3. The highest BCUT2D eigenvalue weighted by Crippen LogP contribution is 2.06. The van der Waals surface area contributed by atoms with Crippen LogP contribution >= 0.6 is 0 Å². The number of pyridine rings is 1. The van der Waals surface area contributed by atoms with Crippen LogP contribution in [-0.4, -0.2) is 32.7 Å². The van der Waals surface area contributed by atoms with Crippen LogP contribution in [0, 0.1) is 5.82 Å². The number of urea groups is 1. The van der Waals surface area contributed by atoms with Gasteiger partial charge in [-0.2, -0.15) is 5.10 Å². The second-order valence-corrected chi connectivity index (χ2v) is 4.17. The zero-order valence-electron chi connectivity index (χ0n) is 10.7. The van der Waals surface area contributed by atoms with Crippen molar-refractivity contribution in [2.75, 3.05) is 12.4 Å². The summed E-state index contributed by atoms with van der Waals surface area (Å²) < 4.78 is 14.3. The zero-order chi connectivity index (χ0) is 13.8. The van der Waals surface area contributed by atoms with E-state index in [4.69, 9.17) is 0 Å². The predicted molar refractivity (Wildman–Crippen MR) is 67.9 cm³/mol. The quantitative estimate of drug-likeness (QED) is 0.915. The van der Waals surface area contributed by atoms with Crippen LogP contribution in [0.4, 0.5) is 15.0 Å². The Balaban J connectivity index is 1.94. The number of aryl methyl sites for hydroxylation is 1. The fourth-order valence-electron chi connectivity index (χ4n) is 1.55. The molecule has 0 saturated carbocycles. The van der Waals surface area contributed by atoms with E-state index >= 15 is 0 Å². The van der Waals surface area contributed by atoms with Crippen molar-refractivity contribution in [2.24, 2.45) is 7.05 Å². The molecule has 6 nitrogen and oxygen atoms in total. The van der Waals surface area contributed by atoms with Crippen LogP contribution in [0.2, 0.25) is 0 Å². The maximum absolute atomic E-state index is 12.7. The molecule has 0 unspecified atom stereocenters. The number of nitrogens with one attached hydrogen (secondary N) is 1. The molecule has 0 aliphatic carbocycles. The van der Waals surface area contributed by atoms with Crippen molar-refractivity contribution in [3.05, 3.63) is 42.1 Å². The molecular weight excluding hydrogens is 249 g/mol. The summed E-state index contributed by atoms with van der Waals surface area (Å²) in [4.78, 5) is 17.1. The maximum atomic E-state index is 12.7. The number of hydrogen-bond acceptors (Lipinski definition) is 3. The Morgan fingerprint density at radius 2 is 2.26 bits per heavy atom. The zero-order valence-corrected chi connectivity index (χ0v) is 10.7. The van der Waals surface area contributed by atoms with Crippen LogP contribution in [0.25, 0.3) is 0 Å². The van der Waals surface area contributed by atoms with Crippen molar-refractivity contribution < 1.29 is 9.18 Å². The van der Waals surface area contributed by atoms with E-state index in [2.05, 4.69) is 15.4 Å². The number of amides is 2. The lowest BCUT2D eigenvalue weighted by molar-refractivity contribution is 0.220. The fourth-order valence-corrected chi connectivity index (χ4v) is 1.55. The molecule has 2 rings (SSSR count). The van der Waals surface area contributed by atoms with E-state index in [9.17, 15) is 9.18 Å². The summed E-state index contributed by atoms with van der Waals surface area (Å²) in [7, 11) is 3.47. The molecule has 0 aliphatic heterocycles. The lowest BCUT2D eigenvalue weighted by Gasteiger charge is -2.16. The molecule has 0 aromatic carbocycles. The summed E-state index contributed by atoms with van der Waals surface area (Å²) in [5, 5.41) is 6.60. The number of carbonyl (C=O) groups excluding carboxylic acids is 1. The Morgan fingerprint density at radius 3 is 2.84 bits per heavy atom. The van der Waals surface area contributed by atoms with Gasteiger partial charge in [-0.25, -0.2) is 14.2 Å². The minimum atomic E-state index is -0.443. The fraction of sp³-hybridized carbons (Fsp3) is 0.250. The van der Waals surface area contributed by atoms with Gasteiger partial charge in [-0.3, -0.25) is 10.00 Å². The smallest absolute Gasteiger partial charge is 0.323 e. The summed E-state index contributed by atoms with van der Waals surface area (Å²) in [6.45, 7) is 0.431. The molecule has 0 bridgehead atoms. The molecule has 2 amide bonds. The normalized spacial score (nSPS) is 10.3. The Bertz CT molecular complexity index is 566. The number of anilines is 1. The lowest BCUT2D eigenvalue weighted by Crippen LogP contribution is -2.31. The Kier molecular flexibility index (Phi) is 3.74. The minimum absolute atomic E-state index is 0.310. The third-order valence-corrected chi connectivity index (χ3v) is 2.49. The van der Waals surface area contributed by atoms with E-state index in [1.54, 1.807) is 17.9 Å². The van der Waals surface area contributed by atoms with E-state index in [0.717, 1.165) is 11.8 Å². The first-order valence-electron chi connectivity index (χ1n) is 5.66. The van der Waals surface area contributed by atoms with Crippen molar-refractivity contribution in [3.8, 4) is 0 Å². The maximum Gasteiger partial charge on any atom is 0.323 e. The number of halogens is 1. The number of nitrogens with zero attached hydrogens (tertiary/aromatic N) is 4. The summed E-state index contributed by atoms with van der Waals surface area (Å²) in [5.41, 5.74) is 0.923. The van der Waals surface area contributed by atoms with Gasteiger partial charge in [0.05, 0.1) is 18.9 Å². The van der Waals surface area contributed by atoms with Gasteiger partial charge in [-0.05, 0) is 12.1 Å². The molecule has 0 radical (unpaired) electrons. The molecule has 2 aromatic rings. The second kappa shape index (κ2) is 5.47. The highest BCUT2D eigenvalue weighted by atomic mass is 19.1. The topological polar surface area (TPSA) is 63.1 Å². The lowest BCUT2D eigenvalue weighted by atomic mass is 10.3. The van der Waals surface area contributed by atoms with Crippen LogP contribution < -0.4 is 5.32 Å². The van der Waals surface area contributed by atoms with E-state index in [1.165, 1.54) is 17.0 Å². The van der Waals surface area contributed by atoms with Gasteiger partial charge in [-0.1, -0.05) is 0 Å². The van der Waals surface area contributed by atoms with Gasteiger partial charge in [0.25, 0.3) is 0 Å². The largest absolute Gasteiger partial charge is 0.323 e. The van der Waals surface area contributed by atoms with Crippen molar-refractivity contribution in [3.63, 3.8) is 0 Å². The molecule has 2 aromatic heterocycles. The van der Waals surface area contributed by atoms with Crippen molar-refractivity contribution in [2.45, 2.75) is 6.54 Å². The van der Waals surface area contributed by atoms with Gasteiger partial charge in [0.2, 0.25) is 0 Å². The Morgan fingerprint density at radius 1 is 1.47 bits per heavy atom. The average Bonchev–Trinajstić information content (AvgIpc) is 2.77. The van der Waals surface area contributed by atoms with Crippen molar-refractivity contribution >= 4 is 11.8 Å². The van der Waals surface area contributed by atoms with Crippen molar-refractivity contribution in [1.82, 2.24) is 19.7 Å². The molecule has 0 aliphatic rings. The number of rotatable bonds is 3. The molecule has 1 N–H and O–H groups in total. The van der Waals surface area contributed by atoms with Gasteiger partial charge in [0.15, 0.2) is 0 Å². The molecule has 0 spiro atoms. The highest BCUT2D eigenvalue weighted by molar-refractivity contribution is 5.87. The summed E-state index contributed by atoms with van der Waals surface area (Å²) >= 11 is 0. The first-order valence-corrected chi connectivity index (χ1v) is 5.66. The van der Waals surface area contributed by atoms with Crippen LogP contribution in [0.15, 0.2) is 30.7 Å². The molecular formula is C12H14FN5O.